The van der Waals surface area contributed by atoms with Crippen LogP contribution in [0.1, 0.15) is 25.7 Å². The number of halogens is 3. The van der Waals surface area contributed by atoms with Gasteiger partial charge in [-0.15, -0.1) is 37.2 Å². The maximum absolute atomic E-state index is 11.5. The Labute approximate surface area is 186 Å². The summed E-state index contributed by atoms with van der Waals surface area (Å²) in [6.45, 7) is 6.07. The summed E-state index contributed by atoms with van der Waals surface area (Å²) in [5.74, 6) is -0.981. The quantitative estimate of drug-likeness (QED) is 0.219. The third-order valence-corrected chi connectivity index (χ3v) is 4.71. The van der Waals surface area contributed by atoms with Crippen LogP contribution >= 0.6 is 37.2 Å². The van der Waals surface area contributed by atoms with Gasteiger partial charge in [-0.2, -0.15) is 0 Å². The molecule has 1 atom stereocenters. The smallest absolute Gasteiger partial charge is 0.451 e. The molecule has 1 rings (SSSR count). The third-order valence-electron chi connectivity index (χ3n) is 4.71. The minimum absolute atomic E-state index is 0. The number of unbranched alkanes of at least 4 members (excludes halogenated alkanes) is 1. The summed E-state index contributed by atoms with van der Waals surface area (Å²) in [6.07, 6.45) is 2.14. The van der Waals surface area contributed by atoms with Gasteiger partial charge in [0.15, 0.2) is 0 Å². The lowest BCUT2D eigenvalue weighted by Gasteiger charge is -2.36. The molecule has 1 saturated heterocycles. The van der Waals surface area contributed by atoms with E-state index in [2.05, 4.69) is 9.80 Å². The van der Waals surface area contributed by atoms with Crippen LogP contribution in [0.3, 0.4) is 0 Å². The Balaban J connectivity index is -0.000000720. The SMILES string of the molecule is COCCN1CCN(CCC(N)(CCCCB(O)O)C(=O)O)CC1.Cl.Cl.Cl.O. The molecular formula is C15H37BCl3N3O6. The van der Waals surface area contributed by atoms with E-state index in [9.17, 15) is 9.90 Å². The van der Waals surface area contributed by atoms with Gasteiger partial charge in [0.1, 0.15) is 5.54 Å². The average Bonchev–Trinajstić information content (AvgIpc) is 2.55. The lowest BCUT2D eigenvalue weighted by Crippen LogP contribution is -2.52. The number of hydrogen-bond donors (Lipinski definition) is 4. The molecule has 1 unspecified atom stereocenters. The van der Waals surface area contributed by atoms with E-state index in [1.165, 1.54) is 0 Å². The predicted molar refractivity (Wildman–Crippen MR) is 118 cm³/mol. The van der Waals surface area contributed by atoms with Crippen molar-refractivity contribution in [2.45, 2.75) is 37.5 Å². The van der Waals surface area contributed by atoms with Crippen molar-refractivity contribution in [3.05, 3.63) is 0 Å². The second kappa shape index (κ2) is 19.1. The minimum atomic E-state index is -1.34. The van der Waals surface area contributed by atoms with Gasteiger partial charge in [-0.3, -0.25) is 9.69 Å². The van der Waals surface area contributed by atoms with E-state index < -0.39 is 18.6 Å². The van der Waals surface area contributed by atoms with E-state index in [0.29, 0.717) is 32.2 Å². The summed E-state index contributed by atoms with van der Waals surface area (Å²) in [4.78, 5) is 16.1. The molecule has 0 bridgehead atoms. The van der Waals surface area contributed by atoms with E-state index in [0.717, 1.165) is 39.3 Å². The number of hydrogen-bond acceptors (Lipinski definition) is 7. The van der Waals surface area contributed by atoms with Gasteiger partial charge in [0.05, 0.1) is 6.61 Å². The standard InChI is InChI=1S/C15H32BN3O5.3ClH.H2O/c1-24-13-12-19-10-8-18(9-11-19)7-5-15(17,14(20)21)4-2-3-6-16(22)23;;;;/h22-23H,2-13,17H2,1H3,(H,20,21);3*1H;1H2. The van der Waals surface area contributed by atoms with Crippen LogP contribution in [0.5, 0.6) is 0 Å². The van der Waals surface area contributed by atoms with Crippen molar-refractivity contribution in [3.63, 3.8) is 0 Å². The molecule has 1 heterocycles. The van der Waals surface area contributed by atoms with Crippen LogP contribution in [-0.4, -0.2) is 102 Å². The van der Waals surface area contributed by atoms with E-state index in [-0.39, 0.29) is 49.0 Å². The number of rotatable bonds is 12. The predicted octanol–water partition coefficient (Wildman–Crippen LogP) is -0.494. The molecule has 1 fully saturated rings. The number of piperazine rings is 1. The molecule has 1 aliphatic rings. The second-order valence-electron chi connectivity index (χ2n) is 6.61. The molecule has 13 heteroatoms. The van der Waals surface area contributed by atoms with Crippen molar-refractivity contribution in [2.75, 3.05) is 53.0 Å². The second-order valence-corrected chi connectivity index (χ2v) is 6.61. The number of carbonyl (C=O) groups is 1. The maximum Gasteiger partial charge on any atom is 0.451 e. The van der Waals surface area contributed by atoms with Crippen molar-refractivity contribution in [1.82, 2.24) is 9.80 Å². The fraction of sp³-hybridized carbons (Fsp3) is 0.933. The molecule has 7 N–H and O–H groups in total. The molecule has 0 spiro atoms. The molecule has 0 saturated carbocycles. The van der Waals surface area contributed by atoms with Gasteiger partial charge in [-0.25, -0.2) is 0 Å². The van der Waals surface area contributed by atoms with E-state index in [4.69, 9.17) is 20.5 Å². The molecule has 0 aromatic heterocycles. The highest BCUT2D eigenvalue weighted by molar-refractivity contribution is 6.40. The van der Waals surface area contributed by atoms with E-state index in [1.807, 2.05) is 0 Å². The number of ether oxygens (including phenoxy) is 1. The number of aliphatic carboxylic acids is 1. The largest absolute Gasteiger partial charge is 0.480 e. The first-order valence-electron chi connectivity index (χ1n) is 8.69. The monoisotopic (exact) mass is 471 g/mol. The normalized spacial score (nSPS) is 16.4. The van der Waals surface area contributed by atoms with E-state index >= 15 is 0 Å². The zero-order valence-corrected chi connectivity index (χ0v) is 18.9. The molecule has 0 radical (unpaired) electrons. The third kappa shape index (κ3) is 14.2. The van der Waals surface area contributed by atoms with Crippen LogP contribution in [0, 0.1) is 0 Å². The zero-order chi connectivity index (χ0) is 18.0. The number of carboxylic acids is 1. The van der Waals surface area contributed by atoms with Crippen LogP contribution in [0.25, 0.3) is 0 Å². The molecule has 0 aromatic carbocycles. The summed E-state index contributed by atoms with van der Waals surface area (Å²) in [7, 11) is 0.362. The van der Waals surface area contributed by atoms with Crippen molar-refractivity contribution in [1.29, 1.82) is 0 Å². The Morgan fingerprint density at radius 2 is 1.54 bits per heavy atom. The molecule has 0 amide bonds. The van der Waals surface area contributed by atoms with Crippen molar-refractivity contribution >= 4 is 50.3 Å². The zero-order valence-electron chi connectivity index (χ0n) is 16.4. The maximum atomic E-state index is 11.5. The fourth-order valence-electron chi connectivity index (χ4n) is 2.92. The summed E-state index contributed by atoms with van der Waals surface area (Å²) >= 11 is 0. The first kappa shape index (κ1) is 35.6. The first-order valence-corrected chi connectivity index (χ1v) is 8.69. The number of nitrogens with two attached hydrogens (primary N) is 1. The molecule has 28 heavy (non-hydrogen) atoms. The van der Waals surface area contributed by atoms with Crippen LogP contribution in [0.2, 0.25) is 6.32 Å². The number of methoxy groups -OCH3 is 1. The summed E-state index contributed by atoms with van der Waals surface area (Å²) in [6, 6.07) is 0. The van der Waals surface area contributed by atoms with Gasteiger partial charge in [0, 0.05) is 46.4 Å². The van der Waals surface area contributed by atoms with Crippen molar-refractivity contribution in [2.24, 2.45) is 5.73 Å². The molecule has 172 valence electrons. The van der Waals surface area contributed by atoms with Gasteiger partial charge in [-0.05, 0) is 19.2 Å². The Morgan fingerprint density at radius 3 is 1.96 bits per heavy atom. The first-order chi connectivity index (χ1) is 11.4. The molecule has 1 aliphatic heterocycles. The van der Waals surface area contributed by atoms with Crippen molar-refractivity contribution < 1.29 is 30.2 Å². The van der Waals surface area contributed by atoms with Crippen LogP contribution in [0.4, 0.5) is 0 Å². The van der Waals surface area contributed by atoms with Gasteiger partial charge >= 0.3 is 13.1 Å². The van der Waals surface area contributed by atoms with Gasteiger partial charge < -0.3 is 36.0 Å². The van der Waals surface area contributed by atoms with Gasteiger partial charge in [-0.1, -0.05) is 12.8 Å². The number of carboxylic acid groups (broad SMARTS) is 1. The molecule has 9 nitrogen and oxygen atoms in total. The highest BCUT2D eigenvalue weighted by Gasteiger charge is 2.34. The van der Waals surface area contributed by atoms with Gasteiger partial charge in [0.25, 0.3) is 0 Å². The highest BCUT2D eigenvalue weighted by atomic mass is 35.5. The highest BCUT2D eigenvalue weighted by Crippen LogP contribution is 2.19. The molecular weight excluding hydrogens is 435 g/mol. The summed E-state index contributed by atoms with van der Waals surface area (Å²) in [5.41, 5.74) is 4.85. The van der Waals surface area contributed by atoms with Gasteiger partial charge in [0.2, 0.25) is 0 Å². The van der Waals surface area contributed by atoms with Crippen LogP contribution in [0.15, 0.2) is 0 Å². The Kier molecular flexibility index (Phi) is 24.3. The Morgan fingerprint density at radius 1 is 1.04 bits per heavy atom. The number of nitrogens with zero attached hydrogens (tertiary/aromatic N) is 2. The van der Waals surface area contributed by atoms with Crippen LogP contribution < -0.4 is 5.73 Å². The lowest BCUT2D eigenvalue weighted by molar-refractivity contribution is -0.144. The topological polar surface area (TPSA) is 151 Å². The van der Waals surface area contributed by atoms with E-state index in [1.54, 1.807) is 7.11 Å². The summed E-state index contributed by atoms with van der Waals surface area (Å²) < 4.78 is 5.08. The minimum Gasteiger partial charge on any atom is -0.480 e. The van der Waals surface area contributed by atoms with Crippen molar-refractivity contribution in [3.8, 4) is 0 Å². The Hall–Kier alpha value is 0.125. The van der Waals surface area contributed by atoms with Crippen LogP contribution in [-0.2, 0) is 9.53 Å². The molecule has 0 aliphatic carbocycles. The Bertz CT molecular complexity index is 383. The fourth-order valence-corrected chi connectivity index (χ4v) is 2.92. The average molecular weight is 473 g/mol. The lowest BCUT2D eigenvalue weighted by atomic mass is 9.81. The summed E-state index contributed by atoms with van der Waals surface area (Å²) in [5, 5.41) is 27.1. The molecule has 0 aromatic rings.